The van der Waals surface area contributed by atoms with E-state index in [0.717, 1.165) is 17.7 Å². The summed E-state index contributed by atoms with van der Waals surface area (Å²) in [5.41, 5.74) is 1.13. The molecule has 0 saturated heterocycles. The summed E-state index contributed by atoms with van der Waals surface area (Å²) >= 11 is 0. The Morgan fingerprint density at radius 2 is 2.00 bits per heavy atom. The first-order chi connectivity index (χ1) is 9.63. The van der Waals surface area contributed by atoms with Gasteiger partial charge in [0, 0.05) is 13.5 Å². The van der Waals surface area contributed by atoms with Gasteiger partial charge >= 0.3 is 5.97 Å². The van der Waals surface area contributed by atoms with Crippen LogP contribution in [0, 0.1) is 5.92 Å². The van der Waals surface area contributed by atoms with Gasteiger partial charge in [0.15, 0.2) is 0 Å². The number of hydrogen-bond acceptors (Lipinski definition) is 4. The number of esters is 1. The zero-order valence-corrected chi connectivity index (χ0v) is 12.6. The van der Waals surface area contributed by atoms with Gasteiger partial charge in [0.2, 0.25) is 0 Å². The molecular weight excluding hydrogens is 256 g/mol. The van der Waals surface area contributed by atoms with Crippen molar-refractivity contribution < 1.29 is 19.0 Å². The van der Waals surface area contributed by atoms with Crippen molar-refractivity contribution in [2.24, 2.45) is 5.92 Å². The Morgan fingerprint density at radius 1 is 1.25 bits per heavy atom. The zero-order chi connectivity index (χ0) is 14.8. The molecule has 20 heavy (non-hydrogen) atoms. The molecule has 0 aromatic heterocycles. The molecule has 4 nitrogen and oxygen atoms in total. The van der Waals surface area contributed by atoms with Crippen LogP contribution in [0.5, 0.6) is 5.75 Å². The molecule has 0 aliphatic rings. The third-order valence-corrected chi connectivity index (χ3v) is 2.80. The van der Waals surface area contributed by atoms with Crippen molar-refractivity contribution in [3.63, 3.8) is 0 Å². The minimum absolute atomic E-state index is 0.238. The molecular formula is C16H24O4. The van der Waals surface area contributed by atoms with Gasteiger partial charge in [-0.3, -0.25) is 4.79 Å². The number of carbonyl (C=O) groups is 1. The van der Waals surface area contributed by atoms with Crippen molar-refractivity contribution in [1.29, 1.82) is 0 Å². The van der Waals surface area contributed by atoms with E-state index in [4.69, 9.17) is 14.2 Å². The highest BCUT2D eigenvalue weighted by molar-refractivity contribution is 5.65. The lowest BCUT2D eigenvalue weighted by molar-refractivity contribution is -0.142. The van der Waals surface area contributed by atoms with Gasteiger partial charge < -0.3 is 14.2 Å². The lowest BCUT2D eigenvalue weighted by Gasteiger charge is -2.15. The van der Waals surface area contributed by atoms with Crippen molar-refractivity contribution in [2.45, 2.75) is 27.2 Å². The van der Waals surface area contributed by atoms with Crippen LogP contribution in [0.1, 0.15) is 26.3 Å². The quantitative estimate of drug-likeness (QED) is 0.515. The van der Waals surface area contributed by atoms with E-state index in [1.54, 1.807) is 0 Å². The van der Waals surface area contributed by atoms with Crippen LogP contribution in [0.4, 0.5) is 0 Å². The SMILES string of the molecule is CCOCCOc1ccccc1C[C@H](C)COC(C)=O. The van der Waals surface area contributed by atoms with Gasteiger partial charge in [-0.05, 0) is 30.9 Å². The van der Waals surface area contributed by atoms with Gasteiger partial charge in [0.1, 0.15) is 12.4 Å². The summed E-state index contributed by atoms with van der Waals surface area (Å²) in [4.78, 5) is 10.8. The van der Waals surface area contributed by atoms with E-state index in [1.807, 2.05) is 31.2 Å². The maximum atomic E-state index is 10.8. The van der Waals surface area contributed by atoms with Gasteiger partial charge in [-0.15, -0.1) is 0 Å². The number of benzene rings is 1. The van der Waals surface area contributed by atoms with Crippen LogP contribution in [0.25, 0.3) is 0 Å². The second kappa shape index (κ2) is 9.37. The van der Waals surface area contributed by atoms with Crippen LogP contribution in [0.2, 0.25) is 0 Å². The maximum Gasteiger partial charge on any atom is 0.302 e. The Balaban J connectivity index is 2.49. The van der Waals surface area contributed by atoms with Crippen molar-refractivity contribution in [2.75, 3.05) is 26.4 Å². The molecule has 1 aromatic rings. The average molecular weight is 280 g/mol. The molecule has 0 spiro atoms. The topological polar surface area (TPSA) is 44.8 Å². The van der Waals surface area contributed by atoms with E-state index in [0.29, 0.717) is 26.4 Å². The van der Waals surface area contributed by atoms with Crippen molar-refractivity contribution in [1.82, 2.24) is 0 Å². The van der Waals surface area contributed by atoms with Gasteiger partial charge in [-0.25, -0.2) is 0 Å². The molecule has 4 heteroatoms. The monoisotopic (exact) mass is 280 g/mol. The molecule has 0 radical (unpaired) electrons. The number of carbonyl (C=O) groups excluding carboxylic acids is 1. The summed E-state index contributed by atoms with van der Waals surface area (Å²) in [5, 5.41) is 0. The summed E-state index contributed by atoms with van der Waals surface area (Å²) < 4.78 is 16.0. The van der Waals surface area contributed by atoms with Crippen LogP contribution in [0.3, 0.4) is 0 Å². The van der Waals surface area contributed by atoms with Gasteiger partial charge in [0.25, 0.3) is 0 Å². The standard InChI is InChI=1S/C16H24O4/c1-4-18-9-10-19-16-8-6-5-7-15(16)11-13(2)12-20-14(3)17/h5-8,13H,4,9-12H2,1-3H3/t13-/m0/s1. The van der Waals surface area contributed by atoms with E-state index in [1.165, 1.54) is 6.92 Å². The van der Waals surface area contributed by atoms with E-state index in [2.05, 4.69) is 6.92 Å². The van der Waals surface area contributed by atoms with Gasteiger partial charge in [-0.1, -0.05) is 25.1 Å². The predicted octanol–water partition coefficient (Wildman–Crippen LogP) is 2.84. The summed E-state index contributed by atoms with van der Waals surface area (Å²) in [6.45, 7) is 7.71. The highest BCUT2D eigenvalue weighted by atomic mass is 16.5. The molecule has 1 atom stereocenters. The van der Waals surface area contributed by atoms with Crippen molar-refractivity contribution in [3.8, 4) is 5.75 Å². The highest BCUT2D eigenvalue weighted by Crippen LogP contribution is 2.21. The first-order valence-corrected chi connectivity index (χ1v) is 7.05. The van der Waals surface area contributed by atoms with Crippen LogP contribution >= 0.6 is 0 Å². The lowest BCUT2D eigenvalue weighted by atomic mass is 10.0. The Hall–Kier alpha value is -1.55. The maximum absolute atomic E-state index is 10.8. The number of ether oxygens (including phenoxy) is 3. The van der Waals surface area contributed by atoms with E-state index in [9.17, 15) is 4.79 Å². The summed E-state index contributed by atoms with van der Waals surface area (Å²) in [7, 11) is 0. The second-order valence-corrected chi connectivity index (χ2v) is 4.76. The molecule has 0 unspecified atom stereocenters. The second-order valence-electron chi connectivity index (χ2n) is 4.76. The van der Waals surface area contributed by atoms with Crippen LogP contribution in [-0.2, 0) is 20.7 Å². The third-order valence-electron chi connectivity index (χ3n) is 2.80. The first kappa shape index (κ1) is 16.5. The molecule has 0 aliphatic carbocycles. The van der Waals surface area contributed by atoms with Crippen LogP contribution < -0.4 is 4.74 Å². The Kier molecular flexibility index (Phi) is 7.73. The van der Waals surface area contributed by atoms with E-state index >= 15 is 0 Å². The third kappa shape index (κ3) is 6.57. The van der Waals surface area contributed by atoms with E-state index in [-0.39, 0.29) is 11.9 Å². The summed E-state index contributed by atoms with van der Waals surface area (Å²) in [6, 6.07) is 7.94. The highest BCUT2D eigenvalue weighted by Gasteiger charge is 2.10. The lowest BCUT2D eigenvalue weighted by Crippen LogP contribution is -2.13. The number of para-hydroxylation sites is 1. The first-order valence-electron chi connectivity index (χ1n) is 7.05. The average Bonchev–Trinajstić information content (AvgIpc) is 2.43. The number of rotatable bonds is 9. The van der Waals surface area contributed by atoms with Crippen LogP contribution in [0.15, 0.2) is 24.3 Å². The smallest absolute Gasteiger partial charge is 0.302 e. The van der Waals surface area contributed by atoms with E-state index < -0.39 is 0 Å². The molecule has 0 fully saturated rings. The molecule has 1 rings (SSSR count). The fourth-order valence-corrected chi connectivity index (χ4v) is 1.86. The molecule has 0 amide bonds. The fraction of sp³-hybridized carbons (Fsp3) is 0.562. The van der Waals surface area contributed by atoms with Crippen LogP contribution in [-0.4, -0.2) is 32.4 Å². The molecule has 0 heterocycles. The van der Waals surface area contributed by atoms with Gasteiger partial charge in [-0.2, -0.15) is 0 Å². The zero-order valence-electron chi connectivity index (χ0n) is 12.6. The fourth-order valence-electron chi connectivity index (χ4n) is 1.86. The predicted molar refractivity (Wildman–Crippen MR) is 77.9 cm³/mol. The number of hydrogen-bond donors (Lipinski definition) is 0. The van der Waals surface area contributed by atoms with Crippen molar-refractivity contribution in [3.05, 3.63) is 29.8 Å². The molecule has 0 saturated carbocycles. The molecule has 112 valence electrons. The minimum atomic E-state index is -0.238. The molecule has 0 aliphatic heterocycles. The normalized spacial score (nSPS) is 11.9. The summed E-state index contributed by atoms with van der Waals surface area (Å²) in [6.07, 6.45) is 0.818. The molecule has 1 aromatic carbocycles. The van der Waals surface area contributed by atoms with Gasteiger partial charge in [0.05, 0.1) is 13.2 Å². The minimum Gasteiger partial charge on any atom is -0.491 e. The Bertz CT molecular complexity index is 403. The summed E-state index contributed by atoms with van der Waals surface area (Å²) in [5.74, 6) is 0.899. The van der Waals surface area contributed by atoms with Crippen molar-refractivity contribution >= 4 is 5.97 Å². The molecule has 0 N–H and O–H groups in total. The Labute approximate surface area is 121 Å². The largest absolute Gasteiger partial charge is 0.491 e. The molecule has 0 bridgehead atoms. The Morgan fingerprint density at radius 3 is 2.70 bits per heavy atom.